The number of hydrogen-bond donors (Lipinski definition) is 0. The van der Waals surface area contributed by atoms with Crippen molar-refractivity contribution in [2.75, 3.05) is 0 Å². The third-order valence-corrected chi connectivity index (χ3v) is 3.88. The molecule has 0 fully saturated rings. The fourth-order valence-electron chi connectivity index (χ4n) is 2.67. The van der Waals surface area contributed by atoms with Crippen molar-refractivity contribution < 1.29 is 4.74 Å². The maximum atomic E-state index is 5.85. The molecule has 0 aliphatic heterocycles. The van der Waals surface area contributed by atoms with Gasteiger partial charge in [0, 0.05) is 0 Å². The summed E-state index contributed by atoms with van der Waals surface area (Å²) in [4.78, 5) is 0. The van der Waals surface area contributed by atoms with Crippen molar-refractivity contribution in [1.29, 1.82) is 0 Å². The number of hydrogen-bond acceptors (Lipinski definition) is 3. The van der Waals surface area contributed by atoms with E-state index in [1.165, 1.54) is 16.3 Å². The Hall–Kier alpha value is -3.14. The lowest BCUT2D eigenvalue weighted by atomic mass is 10.1. The molecular formula is C20H17N3O. The van der Waals surface area contributed by atoms with Crippen molar-refractivity contribution in [2.45, 2.75) is 13.2 Å². The van der Waals surface area contributed by atoms with E-state index >= 15 is 0 Å². The van der Waals surface area contributed by atoms with E-state index in [-0.39, 0.29) is 0 Å². The number of benzene rings is 3. The summed E-state index contributed by atoms with van der Waals surface area (Å²) in [7, 11) is 0. The Morgan fingerprint density at radius 3 is 2.50 bits per heavy atom. The van der Waals surface area contributed by atoms with Crippen LogP contribution in [0.15, 0.2) is 79.0 Å². The van der Waals surface area contributed by atoms with Crippen molar-refractivity contribution in [3.8, 4) is 5.75 Å². The van der Waals surface area contributed by atoms with Gasteiger partial charge in [0.25, 0.3) is 0 Å². The largest absolute Gasteiger partial charge is 0.487 e. The Morgan fingerprint density at radius 2 is 1.62 bits per heavy atom. The molecule has 4 rings (SSSR count). The van der Waals surface area contributed by atoms with Gasteiger partial charge in [0.2, 0.25) is 0 Å². The number of rotatable bonds is 5. The normalized spacial score (nSPS) is 10.8. The van der Waals surface area contributed by atoms with Crippen LogP contribution in [0.5, 0.6) is 5.75 Å². The first kappa shape index (κ1) is 14.5. The van der Waals surface area contributed by atoms with Crippen LogP contribution in [0.3, 0.4) is 0 Å². The first-order valence-electron chi connectivity index (χ1n) is 7.91. The molecule has 118 valence electrons. The molecule has 4 heteroatoms. The monoisotopic (exact) mass is 315 g/mol. The molecule has 0 atom stereocenters. The quantitative estimate of drug-likeness (QED) is 0.557. The second-order valence-corrected chi connectivity index (χ2v) is 5.69. The summed E-state index contributed by atoms with van der Waals surface area (Å²) in [6, 6.07) is 24.5. The van der Waals surface area contributed by atoms with Crippen LogP contribution in [-0.2, 0) is 13.2 Å². The molecule has 0 unspecified atom stereocenters. The second-order valence-electron chi connectivity index (χ2n) is 5.69. The standard InChI is InChI=1S/C20H17N3O/c1-2-6-16(7-3-1)13-23-14-19(21-22-23)15-24-20-11-10-17-8-4-5-9-18(17)12-20/h1-12,14H,13,15H2. The van der Waals surface area contributed by atoms with Crippen LogP contribution in [0.1, 0.15) is 11.3 Å². The van der Waals surface area contributed by atoms with Gasteiger partial charge in [-0.3, -0.25) is 0 Å². The minimum absolute atomic E-state index is 0.410. The maximum absolute atomic E-state index is 5.85. The predicted molar refractivity (Wildman–Crippen MR) is 93.8 cm³/mol. The average Bonchev–Trinajstić information content (AvgIpc) is 3.08. The van der Waals surface area contributed by atoms with E-state index in [1.54, 1.807) is 0 Å². The van der Waals surface area contributed by atoms with Gasteiger partial charge in [-0.05, 0) is 28.5 Å². The Bertz CT molecular complexity index is 947. The molecule has 24 heavy (non-hydrogen) atoms. The van der Waals surface area contributed by atoms with Crippen molar-refractivity contribution >= 4 is 10.8 Å². The molecule has 0 saturated heterocycles. The molecule has 1 aromatic heterocycles. The van der Waals surface area contributed by atoms with Crippen LogP contribution in [0, 0.1) is 0 Å². The van der Waals surface area contributed by atoms with E-state index in [4.69, 9.17) is 4.74 Å². The van der Waals surface area contributed by atoms with Gasteiger partial charge in [-0.1, -0.05) is 65.9 Å². The molecule has 4 aromatic rings. The fourth-order valence-corrected chi connectivity index (χ4v) is 2.67. The Kier molecular flexibility index (Phi) is 3.94. The molecule has 0 amide bonds. The highest BCUT2D eigenvalue weighted by Gasteiger charge is 2.03. The van der Waals surface area contributed by atoms with Gasteiger partial charge in [0.15, 0.2) is 0 Å². The molecule has 0 spiro atoms. The molecule has 4 nitrogen and oxygen atoms in total. The lowest BCUT2D eigenvalue weighted by molar-refractivity contribution is 0.301. The topological polar surface area (TPSA) is 39.9 Å². The molecule has 0 saturated carbocycles. The van der Waals surface area contributed by atoms with Gasteiger partial charge in [-0.25, -0.2) is 4.68 Å². The molecule has 0 N–H and O–H groups in total. The van der Waals surface area contributed by atoms with Crippen molar-refractivity contribution in [3.05, 3.63) is 90.3 Å². The second kappa shape index (κ2) is 6.54. The first-order chi connectivity index (χ1) is 11.9. The number of nitrogens with zero attached hydrogens (tertiary/aromatic N) is 3. The number of fused-ring (bicyclic) bond motifs is 1. The predicted octanol–water partition coefficient (Wildman–Crippen LogP) is 4.06. The highest BCUT2D eigenvalue weighted by Crippen LogP contribution is 2.21. The Balaban J connectivity index is 1.42. The summed E-state index contributed by atoms with van der Waals surface area (Å²) in [5.74, 6) is 0.839. The van der Waals surface area contributed by atoms with Crippen LogP contribution in [0.2, 0.25) is 0 Å². The number of aromatic nitrogens is 3. The van der Waals surface area contributed by atoms with Crippen molar-refractivity contribution in [1.82, 2.24) is 15.0 Å². The van der Waals surface area contributed by atoms with Gasteiger partial charge in [-0.15, -0.1) is 5.10 Å². The molecule has 3 aromatic carbocycles. The number of ether oxygens (including phenoxy) is 1. The average molecular weight is 315 g/mol. The summed E-state index contributed by atoms with van der Waals surface area (Å²) in [6.45, 7) is 1.12. The van der Waals surface area contributed by atoms with E-state index in [2.05, 4.69) is 40.6 Å². The maximum Gasteiger partial charge on any atom is 0.134 e. The van der Waals surface area contributed by atoms with Gasteiger partial charge >= 0.3 is 0 Å². The molecule has 1 heterocycles. The Labute approximate surface area is 140 Å². The van der Waals surface area contributed by atoms with Crippen molar-refractivity contribution in [3.63, 3.8) is 0 Å². The third kappa shape index (κ3) is 3.27. The van der Waals surface area contributed by atoms with Gasteiger partial charge < -0.3 is 4.74 Å². The summed E-state index contributed by atoms with van der Waals surface area (Å²) >= 11 is 0. The van der Waals surface area contributed by atoms with Crippen LogP contribution in [0.4, 0.5) is 0 Å². The SMILES string of the molecule is c1ccc(Cn2cc(COc3ccc4ccccc4c3)nn2)cc1. The minimum atomic E-state index is 0.410. The highest BCUT2D eigenvalue weighted by molar-refractivity contribution is 5.83. The molecule has 0 radical (unpaired) electrons. The smallest absolute Gasteiger partial charge is 0.134 e. The molecule has 0 aliphatic rings. The summed E-state index contributed by atoms with van der Waals surface area (Å²) in [5.41, 5.74) is 2.02. The van der Waals surface area contributed by atoms with E-state index in [1.807, 2.05) is 53.3 Å². The van der Waals surface area contributed by atoms with Crippen LogP contribution < -0.4 is 4.74 Å². The molecular weight excluding hydrogens is 298 g/mol. The van der Waals surface area contributed by atoms with E-state index in [0.29, 0.717) is 13.2 Å². The summed E-state index contributed by atoms with van der Waals surface area (Å²) in [6.07, 6.45) is 1.92. The lowest BCUT2D eigenvalue weighted by Crippen LogP contribution is -2.00. The van der Waals surface area contributed by atoms with Gasteiger partial charge in [0.05, 0.1) is 12.7 Å². The first-order valence-corrected chi connectivity index (χ1v) is 7.91. The van der Waals surface area contributed by atoms with Crippen LogP contribution >= 0.6 is 0 Å². The third-order valence-electron chi connectivity index (χ3n) is 3.88. The van der Waals surface area contributed by atoms with E-state index in [0.717, 1.165) is 11.4 Å². The zero-order valence-corrected chi connectivity index (χ0v) is 13.2. The Morgan fingerprint density at radius 1 is 0.833 bits per heavy atom. The minimum Gasteiger partial charge on any atom is -0.487 e. The van der Waals surface area contributed by atoms with Crippen molar-refractivity contribution in [2.24, 2.45) is 0 Å². The van der Waals surface area contributed by atoms with Crippen LogP contribution in [-0.4, -0.2) is 15.0 Å². The van der Waals surface area contributed by atoms with E-state index in [9.17, 15) is 0 Å². The fraction of sp³-hybridized carbons (Fsp3) is 0.100. The van der Waals surface area contributed by atoms with E-state index < -0.39 is 0 Å². The van der Waals surface area contributed by atoms with Gasteiger partial charge in [0.1, 0.15) is 18.1 Å². The molecule has 0 aliphatic carbocycles. The van der Waals surface area contributed by atoms with Crippen LogP contribution in [0.25, 0.3) is 10.8 Å². The van der Waals surface area contributed by atoms with Gasteiger partial charge in [-0.2, -0.15) is 0 Å². The zero-order valence-electron chi connectivity index (χ0n) is 13.2. The summed E-state index contributed by atoms with van der Waals surface area (Å²) < 4.78 is 7.68. The zero-order chi connectivity index (χ0) is 16.2. The summed E-state index contributed by atoms with van der Waals surface area (Å²) in [5, 5.41) is 10.7. The lowest BCUT2D eigenvalue weighted by Gasteiger charge is -2.05. The molecule has 0 bridgehead atoms. The highest BCUT2D eigenvalue weighted by atomic mass is 16.5.